The Kier molecular flexibility index (Phi) is 7.16. The molecule has 0 radical (unpaired) electrons. The standard InChI is InChI=1S/C16H18N4O5S2/c17-13(22)10-11(12(26)8-3-1-4-9(7-8)15(23)24)20-27-14(10)19-16(25)18-5-2-6-21/h1,3-4,7,12,21,26H,2,5-6H2,(H2,17,22)(H,23,24)(H2,18,19,25). The summed E-state index contributed by atoms with van der Waals surface area (Å²) in [6.45, 7) is 0.200. The first-order valence-electron chi connectivity index (χ1n) is 7.81. The first-order chi connectivity index (χ1) is 12.8. The average molecular weight is 410 g/mol. The fraction of sp³-hybridized carbons (Fsp3) is 0.250. The molecule has 2 aromatic rings. The number of urea groups is 1. The average Bonchev–Trinajstić information content (AvgIpc) is 3.05. The van der Waals surface area contributed by atoms with Crippen molar-refractivity contribution in [2.24, 2.45) is 5.73 Å². The summed E-state index contributed by atoms with van der Waals surface area (Å²) < 4.78 is 4.17. The first kappa shape index (κ1) is 20.7. The number of nitrogens with one attached hydrogen (secondary N) is 2. The number of hydrogen-bond acceptors (Lipinski definition) is 7. The maximum absolute atomic E-state index is 11.9. The molecule has 1 aromatic heterocycles. The molecule has 27 heavy (non-hydrogen) atoms. The number of aliphatic hydroxyl groups is 1. The fourth-order valence-corrected chi connectivity index (χ4v) is 3.49. The highest BCUT2D eigenvalue weighted by Crippen LogP contribution is 2.35. The number of carboxylic acids is 1. The molecule has 0 aliphatic carbocycles. The Morgan fingerprint density at radius 3 is 2.70 bits per heavy atom. The van der Waals surface area contributed by atoms with Gasteiger partial charge in [0, 0.05) is 13.2 Å². The highest BCUT2D eigenvalue weighted by molar-refractivity contribution is 7.80. The summed E-state index contributed by atoms with van der Waals surface area (Å²) in [7, 11) is 0. The minimum Gasteiger partial charge on any atom is -0.478 e. The van der Waals surface area contributed by atoms with Gasteiger partial charge in [0.15, 0.2) is 0 Å². The van der Waals surface area contributed by atoms with Gasteiger partial charge >= 0.3 is 12.0 Å². The van der Waals surface area contributed by atoms with Gasteiger partial charge in [-0.25, -0.2) is 9.59 Å². The summed E-state index contributed by atoms with van der Waals surface area (Å²) in [5, 5.41) is 22.3. The molecule has 0 saturated heterocycles. The molecule has 9 nitrogen and oxygen atoms in total. The highest BCUT2D eigenvalue weighted by atomic mass is 32.1. The molecule has 2 rings (SSSR count). The number of primary amides is 1. The molecule has 11 heteroatoms. The number of carbonyl (C=O) groups excluding carboxylic acids is 2. The lowest BCUT2D eigenvalue weighted by molar-refractivity contribution is 0.0696. The molecule has 144 valence electrons. The molecule has 0 aliphatic rings. The van der Waals surface area contributed by atoms with Crippen molar-refractivity contribution in [3.63, 3.8) is 0 Å². The van der Waals surface area contributed by atoms with Gasteiger partial charge in [0.1, 0.15) is 5.00 Å². The zero-order chi connectivity index (χ0) is 20.0. The smallest absolute Gasteiger partial charge is 0.335 e. The highest BCUT2D eigenvalue weighted by Gasteiger charge is 2.26. The van der Waals surface area contributed by atoms with E-state index in [1.165, 1.54) is 12.1 Å². The Labute approximate surface area is 164 Å². The van der Waals surface area contributed by atoms with Gasteiger partial charge < -0.3 is 21.3 Å². The van der Waals surface area contributed by atoms with Crippen molar-refractivity contribution in [3.8, 4) is 0 Å². The molecule has 0 saturated carbocycles. The minimum absolute atomic E-state index is 0.0121. The predicted molar refractivity (Wildman–Crippen MR) is 104 cm³/mol. The molecule has 3 amide bonds. The summed E-state index contributed by atoms with van der Waals surface area (Å²) in [5.74, 6) is -1.88. The van der Waals surface area contributed by atoms with Crippen molar-refractivity contribution in [1.29, 1.82) is 0 Å². The van der Waals surface area contributed by atoms with Crippen molar-refractivity contribution in [1.82, 2.24) is 9.69 Å². The zero-order valence-electron chi connectivity index (χ0n) is 14.0. The molecule has 1 atom stereocenters. The van der Waals surface area contributed by atoms with Crippen LogP contribution in [0.15, 0.2) is 24.3 Å². The van der Waals surface area contributed by atoms with Gasteiger partial charge in [0.2, 0.25) is 0 Å². The second-order valence-corrected chi connectivity index (χ2v) is 6.72. The molecular weight excluding hydrogens is 392 g/mol. The first-order valence-corrected chi connectivity index (χ1v) is 9.10. The lowest BCUT2D eigenvalue weighted by Crippen LogP contribution is -2.30. The van der Waals surface area contributed by atoms with Crippen molar-refractivity contribution in [2.45, 2.75) is 11.7 Å². The summed E-state index contributed by atoms with van der Waals surface area (Å²) in [5.41, 5.74) is 6.28. The third kappa shape index (κ3) is 5.18. The Morgan fingerprint density at radius 1 is 1.33 bits per heavy atom. The number of aromatic carboxylic acids is 1. The third-order valence-corrected chi connectivity index (χ3v) is 4.84. The van der Waals surface area contributed by atoms with E-state index in [0.717, 1.165) is 11.5 Å². The number of carboxylic acid groups (broad SMARTS) is 1. The van der Waals surface area contributed by atoms with E-state index in [1.54, 1.807) is 12.1 Å². The lowest BCUT2D eigenvalue weighted by Gasteiger charge is -2.12. The van der Waals surface area contributed by atoms with Gasteiger partial charge in [-0.05, 0) is 35.6 Å². The maximum atomic E-state index is 11.9. The van der Waals surface area contributed by atoms with Crippen LogP contribution in [0.4, 0.5) is 9.80 Å². The number of carbonyl (C=O) groups is 3. The number of amides is 3. The largest absolute Gasteiger partial charge is 0.478 e. The van der Waals surface area contributed by atoms with E-state index in [1.807, 2.05) is 0 Å². The molecule has 1 unspecified atom stereocenters. The number of rotatable bonds is 8. The maximum Gasteiger partial charge on any atom is 0.335 e. The summed E-state index contributed by atoms with van der Waals surface area (Å²) >= 11 is 5.32. The molecule has 0 fully saturated rings. The van der Waals surface area contributed by atoms with Crippen molar-refractivity contribution < 1.29 is 24.6 Å². The van der Waals surface area contributed by atoms with E-state index in [2.05, 4.69) is 27.6 Å². The van der Waals surface area contributed by atoms with Crippen molar-refractivity contribution in [3.05, 3.63) is 46.6 Å². The van der Waals surface area contributed by atoms with E-state index in [4.69, 9.17) is 15.9 Å². The number of nitrogens with zero attached hydrogens (tertiary/aromatic N) is 1. The molecule has 0 bridgehead atoms. The molecule has 1 aromatic carbocycles. The van der Waals surface area contributed by atoms with E-state index in [-0.39, 0.29) is 35.0 Å². The topological polar surface area (TPSA) is 155 Å². The Morgan fingerprint density at radius 2 is 2.07 bits per heavy atom. The second kappa shape index (κ2) is 9.35. The van der Waals surface area contributed by atoms with E-state index in [0.29, 0.717) is 12.0 Å². The SMILES string of the molecule is NC(=O)c1c(C(S)c2cccc(C(=O)O)c2)nsc1NC(=O)NCCCO. The molecule has 0 aliphatic heterocycles. The Bertz CT molecular complexity index is 855. The van der Waals surface area contributed by atoms with Gasteiger partial charge in [-0.2, -0.15) is 17.0 Å². The number of aliphatic hydroxyl groups excluding tert-OH is 1. The van der Waals surface area contributed by atoms with Gasteiger partial charge in [-0.3, -0.25) is 10.1 Å². The van der Waals surface area contributed by atoms with Crippen LogP contribution in [-0.2, 0) is 0 Å². The lowest BCUT2D eigenvalue weighted by atomic mass is 10.0. The van der Waals surface area contributed by atoms with Crippen LogP contribution in [0.5, 0.6) is 0 Å². The van der Waals surface area contributed by atoms with Crippen molar-refractivity contribution >= 4 is 47.1 Å². The van der Waals surface area contributed by atoms with Crippen LogP contribution in [0.1, 0.15) is 43.6 Å². The van der Waals surface area contributed by atoms with Crippen LogP contribution in [0.25, 0.3) is 0 Å². The predicted octanol–water partition coefficient (Wildman–Crippen LogP) is 1.46. The van der Waals surface area contributed by atoms with Crippen LogP contribution < -0.4 is 16.4 Å². The van der Waals surface area contributed by atoms with Crippen LogP contribution in [0.3, 0.4) is 0 Å². The number of benzene rings is 1. The number of thiol groups is 1. The van der Waals surface area contributed by atoms with Gasteiger partial charge in [-0.15, -0.1) is 0 Å². The van der Waals surface area contributed by atoms with Crippen LogP contribution in [0.2, 0.25) is 0 Å². The molecular formula is C16H18N4O5S2. The van der Waals surface area contributed by atoms with Crippen LogP contribution >= 0.6 is 24.2 Å². The molecule has 1 heterocycles. The van der Waals surface area contributed by atoms with Gasteiger partial charge in [0.25, 0.3) is 5.91 Å². The van der Waals surface area contributed by atoms with Gasteiger partial charge in [-0.1, -0.05) is 12.1 Å². The summed E-state index contributed by atoms with van der Waals surface area (Å²) in [6, 6.07) is 5.52. The third-order valence-electron chi connectivity index (χ3n) is 3.52. The molecule has 6 N–H and O–H groups in total. The quantitative estimate of drug-likeness (QED) is 0.286. The van der Waals surface area contributed by atoms with E-state index in [9.17, 15) is 14.4 Å². The summed E-state index contributed by atoms with van der Waals surface area (Å²) in [6.07, 6.45) is 0.392. The molecule has 0 spiro atoms. The van der Waals surface area contributed by atoms with E-state index < -0.39 is 23.2 Å². The summed E-state index contributed by atoms with van der Waals surface area (Å²) in [4.78, 5) is 34.9. The number of hydrogen-bond donors (Lipinski definition) is 6. The monoisotopic (exact) mass is 410 g/mol. The minimum atomic E-state index is -1.09. The number of nitrogens with two attached hydrogens (primary N) is 1. The Balaban J connectivity index is 2.28. The normalized spacial score (nSPS) is 11.6. The van der Waals surface area contributed by atoms with Crippen molar-refractivity contribution in [2.75, 3.05) is 18.5 Å². The van der Waals surface area contributed by atoms with Gasteiger partial charge in [0.05, 0.1) is 22.1 Å². The second-order valence-electron chi connectivity index (χ2n) is 5.43. The fourth-order valence-electron chi connectivity index (χ4n) is 2.24. The van der Waals surface area contributed by atoms with Crippen LogP contribution in [-0.4, -0.2) is 45.6 Å². The number of aromatic nitrogens is 1. The number of anilines is 1. The Hall–Kier alpha value is -2.63. The van der Waals surface area contributed by atoms with Crippen LogP contribution in [0, 0.1) is 0 Å². The van der Waals surface area contributed by atoms with E-state index >= 15 is 0 Å². The zero-order valence-corrected chi connectivity index (χ0v) is 15.7.